The number of amides is 1. The van der Waals surface area contributed by atoms with Crippen LogP contribution in [0.5, 0.6) is 0 Å². The Balaban J connectivity index is 1.77. The second kappa shape index (κ2) is 5.79. The van der Waals surface area contributed by atoms with Gasteiger partial charge in [-0.25, -0.2) is 0 Å². The summed E-state index contributed by atoms with van der Waals surface area (Å²) in [6.45, 7) is 7.70. The molecule has 2 aromatic rings. The molecule has 1 N–H and O–H groups in total. The maximum Gasteiger partial charge on any atom is 0.249 e. The van der Waals surface area contributed by atoms with Gasteiger partial charge in [-0.1, -0.05) is 19.0 Å². The second-order valence-electron chi connectivity index (χ2n) is 6.97. The van der Waals surface area contributed by atoms with E-state index in [-0.39, 0.29) is 17.9 Å². The topological polar surface area (TPSA) is 85.8 Å². The van der Waals surface area contributed by atoms with Gasteiger partial charge in [0.2, 0.25) is 11.8 Å². The van der Waals surface area contributed by atoms with Gasteiger partial charge in [0.1, 0.15) is 11.6 Å². The molecule has 0 aromatic carbocycles. The molecule has 3 rings (SSSR count). The number of aromatic nitrogens is 4. The third-order valence-corrected chi connectivity index (χ3v) is 4.25. The van der Waals surface area contributed by atoms with E-state index >= 15 is 0 Å². The average molecular weight is 317 g/mol. The van der Waals surface area contributed by atoms with Gasteiger partial charge < -0.3 is 9.84 Å². The van der Waals surface area contributed by atoms with Crippen LogP contribution in [0.3, 0.4) is 0 Å². The number of hydrogen-bond acceptors (Lipinski definition) is 5. The lowest BCUT2D eigenvalue weighted by Crippen LogP contribution is -2.47. The minimum absolute atomic E-state index is 0.133. The van der Waals surface area contributed by atoms with Crippen LogP contribution in [0.1, 0.15) is 64.2 Å². The molecule has 23 heavy (non-hydrogen) atoms. The number of nitrogens with one attached hydrogen (secondary N) is 1. The molecule has 0 aliphatic heterocycles. The zero-order valence-corrected chi connectivity index (χ0v) is 14.0. The lowest BCUT2D eigenvalue weighted by Gasteiger charge is -2.27. The van der Waals surface area contributed by atoms with E-state index in [4.69, 9.17) is 4.52 Å². The van der Waals surface area contributed by atoms with Crippen molar-refractivity contribution < 1.29 is 9.32 Å². The Morgan fingerprint density at radius 2 is 2.17 bits per heavy atom. The van der Waals surface area contributed by atoms with Crippen molar-refractivity contribution in [3.8, 4) is 0 Å². The first-order valence-corrected chi connectivity index (χ1v) is 8.04. The van der Waals surface area contributed by atoms with Crippen molar-refractivity contribution in [2.45, 2.75) is 58.0 Å². The summed E-state index contributed by atoms with van der Waals surface area (Å²) in [5.41, 5.74) is -0.796. The second-order valence-corrected chi connectivity index (χ2v) is 6.97. The Morgan fingerprint density at radius 1 is 1.43 bits per heavy atom. The van der Waals surface area contributed by atoms with E-state index in [2.05, 4.69) is 20.6 Å². The van der Waals surface area contributed by atoms with E-state index < -0.39 is 5.54 Å². The summed E-state index contributed by atoms with van der Waals surface area (Å²) in [6, 6.07) is 1.49. The summed E-state index contributed by atoms with van der Waals surface area (Å²) in [5.74, 6) is 1.67. The Morgan fingerprint density at radius 3 is 2.74 bits per heavy atom. The molecular formula is C16H23N5O2. The van der Waals surface area contributed by atoms with Crippen LogP contribution in [0.4, 0.5) is 0 Å². The Bertz CT molecular complexity index is 670. The molecule has 2 heterocycles. The normalized spacial score (nSPS) is 16.6. The summed E-state index contributed by atoms with van der Waals surface area (Å²) in [5, 5.41) is 11.3. The van der Waals surface area contributed by atoms with Crippen LogP contribution in [-0.2, 0) is 10.3 Å². The van der Waals surface area contributed by atoms with Gasteiger partial charge in [0, 0.05) is 18.3 Å². The number of nitrogens with zero attached hydrogens (tertiary/aromatic N) is 4. The zero-order valence-electron chi connectivity index (χ0n) is 14.0. The molecular weight excluding hydrogens is 294 g/mol. The van der Waals surface area contributed by atoms with Gasteiger partial charge >= 0.3 is 0 Å². The number of hydrogen-bond donors (Lipinski definition) is 1. The highest BCUT2D eigenvalue weighted by Gasteiger charge is 2.35. The van der Waals surface area contributed by atoms with Crippen molar-refractivity contribution in [3.05, 3.63) is 30.2 Å². The van der Waals surface area contributed by atoms with Gasteiger partial charge in [0.15, 0.2) is 5.82 Å². The minimum Gasteiger partial charge on any atom is -0.342 e. The summed E-state index contributed by atoms with van der Waals surface area (Å²) in [6.07, 6.45) is 5.67. The highest BCUT2D eigenvalue weighted by molar-refractivity contribution is 5.83. The first kappa shape index (κ1) is 15.7. The lowest BCUT2D eigenvalue weighted by molar-refractivity contribution is -0.130. The Hall–Kier alpha value is -2.18. The minimum atomic E-state index is -0.796. The molecule has 1 fully saturated rings. The standard InChI is InChI=1S/C16H23N5O2/c1-10(2)12(14-19-13(20-23-14)11-6-7-11)18-15(22)16(3,4)21-9-5-8-17-21/h5,8-12H,6-7H2,1-4H3,(H,18,22). The van der Waals surface area contributed by atoms with E-state index in [1.54, 1.807) is 23.1 Å². The monoisotopic (exact) mass is 317 g/mol. The number of carbonyl (C=O) groups excluding carboxylic acids is 1. The van der Waals surface area contributed by atoms with Crippen molar-refractivity contribution in [3.63, 3.8) is 0 Å². The van der Waals surface area contributed by atoms with E-state index in [0.717, 1.165) is 18.7 Å². The molecule has 0 bridgehead atoms. The summed E-state index contributed by atoms with van der Waals surface area (Å²) in [4.78, 5) is 17.2. The van der Waals surface area contributed by atoms with E-state index in [0.29, 0.717) is 11.8 Å². The van der Waals surface area contributed by atoms with Gasteiger partial charge in [0.25, 0.3) is 0 Å². The molecule has 7 heteroatoms. The molecule has 2 aromatic heterocycles. The van der Waals surface area contributed by atoms with Crippen LogP contribution in [0.25, 0.3) is 0 Å². The fourth-order valence-corrected chi connectivity index (χ4v) is 2.42. The van der Waals surface area contributed by atoms with Crippen LogP contribution in [0, 0.1) is 5.92 Å². The Labute approximate surface area is 135 Å². The van der Waals surface area contributed by atoms with Crippen molar-refractivity contribution >= 4 is 5.91 Å². The molecule has 7 nitrogen and oxygen atoms in total. The van der Waals surface area contributed by atoms with Crippen LogP contribution in [0.2, 0.25) is 0 Å². The first-order valence-electron chi connectivity index (χ1n) is 8.04. The summed E-state index contributed by atoms with van der Waals surface area (Å²) in [7, 11) is 0. The molecule has 0 saturated heterocycles. The smallest absolute Gasteiger partial charge is 0.249 e. The highest BCUT2D eigenvalue weighted by atomic mass is 16.5. The SMILES string of the molecule is CC(C)C(NC(=O)C(C)(C)n1cccn1)c1nc(C2CC2)no1. The molecule has 1 unspecified atom stereocenters. The van der Waals surface area contributed by atoms with Crippen molar-refractivity contribution in [1.29, 1.82) is 0 Å². The average Bonchev–Trinajstić information content (AvgIpc) is 3.03. The maximum absolute atomic E-state index is 12.7. The van der Waals surface area contributed by atoms with Crippen LogP contribution in [-0.4, -0.2) is 25.8 Å². The van der Waals surface area contributed by atoms with Crippen molar-refractivity contribution in [1.82, 2.24) is 25.2 Å². The molecule has 1 aliphatic rings. The largest absolute Gasteiger partial charge is 0.342 e. The van der Waals surface area contributed by atoms with Gasteiger partial charge in [-0.2, -0.15) is 10.1 Å². The molecule has 1 amide bonds. The van der Waals surface area contributed by atoms with E-state index in [9.17, 15) is 4.79 Å². The molecule has 1 aliphatic carbocycles. The van der Waals surface area contributed by atoms with Gasteiger partial charge in [-0.15, -0.1) is 0 Å². The van der Waals surface area contributed by atoms with Crippen LogP contribution >= 0.6 is 0 Å². The fourth-order valence-electron chi connectivity index (χ4n) is 2.42. The molecule has 0 spiro atoms. The van der Waals surface area contributed by atoms with Crippen LogP contribution < -0.4 is 5.32 Å². The van der Waals surface area contributed by atoms with Gasteiger partial charge in [0.05, 0.1) is 0 Å². The van der Waals surface area contributed by atoms with Gasteiger partial charge in [-0.05, 0) is 38.7 Å². The lowest BCUT2D eigenvalue weighted by atomic mass is 10.00. The quantitative estimate of drug-likeness (QED) is 0.884. The molecule has 1 saturated carbocycles. The summed E-state index contributed by atoms with van der Waals surface area (Å²) >= 11 is 0. The third-order valence-electron chi connectivity index (χ3n) is 4.25. The first-order chi connectivity index (χ1) is 10.9. The zero-order chi connectivity index (χ0) is 16.6. The number of rotatable bonds is 6. The number of carbonyl (C=O) groups is 1. The summed E-state index contributed by atoms with van der Waals surface area (Å²) < 4.78 is 7.04. The highest BCUT2D eigenvalue weighted by Crippen LogP contribution is 2.38. The van der Waals surface area contributed by atoms with E-state index in [1.165, 1.54) is 0 Å². The Kier molecular flexibility index (Phi) is 3.95. The third kappa shape index (κ3) is 3.13. The van der Waals surface area contributed by atoms with E-state index in [1.807, 2.05) is 27.7 Å². The predicted molar refractivity (Wildman–Crippen MR) is 83.5 cm³/mol. The fraction of sp³-hybridized carbons (Fsp3) is 0.625. The maximum atomic E-state index is 12.7. The molecule has 1 atom stereocenters. The van der Waals surface area contributed by atoms with Crippen molar-refractivity contribution in [2.75, 3.05) is 0 Å². The molecule has 0 radical (unpaired) electrons. The van der Waals surface area contributed by atoms with Gasteiger partial charge in [-0.3, -0.25) is 9.48 Å². The predicted octanol–water partition coefficient (Wildman–Crippen LogP) is 2.39. The van der Waals surface area contributed by atoms with Crippen LogP contribution in [0.15, 0.2) is 23.0 Å². The van der Waals surface area contributed by atoms with Crippen molar-refractivity contribution in [2.24, 2.45) is 5.92 Å². The molecule has 124 valence electrons.